The lowest BCUT2D eigenvalue weighted by molar-refractivity contribution is 0.0894. The molecular weight excluding hydrogens is 234 g/mol. The van der Waals surface area contributed by atoms with Crippen molar-refractivity contribution in [2.45, 2.75) is 33.4 Å². The van der Waals surface area contributed by atoms with Gasteiger partial charge in [-0.15, -0.1) is 0 Å². The summed E-state index contributed by atoms with van der Waals surface area (Å²) in [6, 6.07) is 1.42. The second-order valence-electron chi connectivity index (χ2n) is 5.05. The van der Waals surface area contributed by atoms with Crippen LogP contribution in [0, 0.1) is 5.41 Å². The molecule has 0 aliphatic heterocycles. The van der Waals surface area contributed by atoms with E-state index in [1.54, 1.807) is 0 Å². The minimum atomic E-state index is -0.296. The highest BCUT2D eigenvalue weighted by atomic mass is 16.5. The van der Waals surface area contributed by atoms with Gasteiger partial charge in [-0.25, -0.2) is 0 Å². The highest BCUT2D eigenvalue weighted by Crippen LogP contribution is 2.19. The van der Waals surface area contributed by atoms with Gasteiger partial charge in [0.25, 0.3) is 5.91 Å². The number of rotatable bonds is 6. The number of aliphatic hydroxyl groups excluding tert-OH is 1. The van der Waals surface area contributed by atoms with E-state index >= 15 is 0 Å². The average Bonchev–Trinajstić information content (AvgIpc) is 2.77. The maximum atomic E-state index is 11.9. The highest BCUT2D eigenvalue weighted by Gasteiger charge is 2.27. The van der Waals surface area contributed by atoms with Gasteiger partial charge in [-0.05, 0) is 19.4 Å². The van der Waals surface area contributed by atoms with E-state index in [2.05, 4.69) is 29.6 Å². The first-order valence-corrected chi connectivity index (χ1v) is 5.92. The van der Waals surface area contributed by atoms with E-state index in [1.807, 2.05) is 14.0 Å². The van der Waals surface area contributed by atoms with E-state index in [0.29, 0.717) is 0 Å². The van der Waals surface area contributed by atoms with Gasteiger partial charge in [-0.3, -0.25) is 4.79 Å². The van der Waals surface area contributed by atoms with E-state index < -0.39 is 0 Å². The van der Waals surface area contributed by atoms with Gasteiger partial charge in [0.2, 0.25) is 0 Å². The quantitative estimate of drug-likeness (QED) is 0.690. The fraction of sp³-hybridized carbons (Fsp3) is 0.667. The number of aliphatic hydroxyl groups is 1. The molecule has 0 fully saturated rings. The Morgan fingerprint density at radius 2 is 2.28 bits per heavy atom. The van der Waals surface area contributed by atoms with E-state index in [9.17, 15) is 4.79 Å². The molecule has 0 saturated carbocycles. The normalized spacial score (nSPS) is 13.4. The van der Waals surface area contributed by atoms with E-state index in [1.165, 1.54) is 6.07 Å². The molecule has 0 saturated heterocycles. The molecule has 1 atom stereocenters. The number of aromatic nitrogens is 1. The Morgan fingerprint density at radius 1 is 1.61 bits per heavy atom. The van der Waals surface area contributed by atoms with Crippen molar-refractivity contribution in [3.63, 3.8) is 0 Å². The van der Waals surface area contributed by atoms with Gasteiger partial charge in [0, 0.05) is 18.7 Å². The first-order valence-electron chi connectivity index (χ1n) is 5.92. The lowest BCUT2D eigenvalue weighted by Gasteiger charge is -2.31. The lowest BCUT2D eigenvalue weighted by Crippen LogP contribution is -2.47. The number of amides is 1. The van der Waals surface area contributed by atoms with Crippen molar-refractivity contribution in [1.82, 2.24) is 15.8 Å². The van der Waals surface area contributed by atoms with Gasteiger partial charge < -0.3 is 20.3 Å². The van der Waals surface area contributed by atoms with Gasteiger partial charge in [-0.1, -0.05) is 19.0 Å². The largest absolute Gasteiger partial charge is 0.388 e. The van der Waals surface area contributed by atoms with Crippen LogP contribution in [-0.4, -0.2) is 35.8 Å². The third-order valence-corrected chi connectivity index (χ3v) is 3.10. The maximum absolute atomic E-state index is 11.9. The van der Waals surface area contributed by atoms with Crippen molar-refractivity contribution >= 4 is 5.91 Å². The van der Waals surface area contributed by atoms with Crippen LogP contribution in [0.1, 0.15) is 37.0 Å². The molecule has 3 N–H and O–H groups in total. The van der Waals surface area contributed by atoms with E-state index in [4.69, 9.17) is 9.63 Å². The zero-order valence-corrected chi connectivity index (χ0v) is 11.3. The summed E-state index contributed by atoms with van der Waals surface area (Å²) in [4.78, 5) is 11.9. The van der Waals surface area contributed by atoms with Gasteiger partial charge in [0.1, 0.15) is 6.61 Å². The third-order valence-electron chi connectivity index (χ3n) is 3.10. The van der Waals surface area contributed by atoms with Crippen LogP contribution in [0.15, 0.2) is 10.6 Å². The van der Waals surface area contributed by atoms with E-state index in [-0.39, 0.29) is 35.4 Å². The smallest absolute Gasteiger partial charge is 0.273 e. The van der Waals surface area contributed by atoms with E-state index in [0.717, 1.165) is 6.54 Å². The van der Waals surface area contributed by atoms with Gasteiger partial charge in [-0.2, -0.15) is 0 Å². The molecular formula is C12H21N3O3. The molecule has 1 unspecified atom stereocenters. The molecule has 18 heavy (non-hydrogen) atoms. The fourth-order valence-corrected chi connectivity index (χ4v) is 1.57. The summed E-state index contributed by atoms with van der Waals surface area (Å²) in [5, 5.41) is 18.4. The summed E-state index contributed by atoms with van der Waals surface area (Å²) in [5.41, 5.74) is 0.111. The molecule has 0 aromatic carbocycles. The summed E-state index contributed by atoms with van der Waals surface area (Å²) in [6.07, 6.45) is 0. The number of hydrogen-bond acceptors (Lipinski definition) is 5. The molecule has 102 valence electrons. The van der Waals surface area contributed by atoms with Crippen LogP contribution in [-0.2, 0) is 6.61 Å². The van der Waals surface area contributed by atoms with Crippen LogP contribution in [0.2, 0.25) is 0 Å². The third kappa shape index (κ3) is 3.54. The molecule has 0 aliphatic carbocycles. The molecule has 0 radical (unpaired) electrons. The minimum absolute atomic E-state index is 0.0215. The van der Waals surface area contributed by atoms with Crippen molar-refractivity contribution in [2.24, 2.45) is 5.41 Å². The van der Waals surface area contributed by atoms with Crippen LogP contribution >= 0.6 is 0 Å². The zero-order chi connectivity index (χ0) is 13.8. The Morgan fingerprint density at radius 3 is 2.78 bits per heavy atom. The fourth-order valence-electron chi connectivity index (χ4n) is 1.57. The molecule has 6 nitrogen and oxygen atoms in total. The number of nitrogens with zero attached hydrogens (tertiary/aromatic N) is 1. The molecule has 1 aromatic rings. The summed E-state index contributed by atoms with van der Waals surface area (Å²) < 4.78 is 4.78. The lowest BCUT2D eigenvalue weighted by atomic mass is 9.85. The van der Waals surface area contributed by atoms with Gasteiger partial charge in [0.05, 0.1) is 0 Å². The first-order chi connectivity index (χ1) is 8.40. The van der Waals surface area contributed by atoms with Crippen LogP contribution in [0.4, 0.5) is 0 Å². The number of carbonyl (C=O) groups excluding carboxylic acids is 1. The summed E-state index contributed by atoms with van der Waals surface area (Å²) in [6.45, 7) is 6.60. The minimum Gasteiger partial charge on any atom is -0.388 e. The van der Waals surface area contributed by atoms with Crippen LogP contribution in [0.5, 0.6) is 0 Å². The predicted octanol–water partition coefficient (Wildman–Crippen LogP) is 0.531. The molecule has 6 heteroatoms. The molecule has 1 amide bonds. The van der Waals surface area contributed by atoms with Crippen LogP contribution in [0.25, 0.3) is 0 Å². The Hall–Kier alpha value is -1.40. The molecule has 0 spiro atoms. The molecule has 1 heterocycles. The predicted molar refractivity (Wildman–Crippen MR) is 67.1 cm³/mol. The number of carbonyl (C=O) groups is 1. The second-order valence-corrected chi connectivity index (χ2v) is 5.05. The summed E-state index contributed by atoms with van der Waals surface area (Å²) in [5.74, 6) is -0.0163. The summed E-state index contributed by atoms with van der Waals surface area (Å²) in [7, 11) is 1.88. The molecule has 0 aliphatic rings. The average molecular weight is 255 g/mol. The first kappa shape index (κ1) is 14.7. The Bertz CT molecular complexity index is 401. The van der Waals surface area contributed by atoms with Crippen LogP contribution < -0.4 is 10.6 Å². The molecule has 1 aromatic heterocycles. The monoisotopic (exact) mass is 255 g/mol. The number of nitrogens with one attached hydrogen (secondary N) is 2. The SMILES string of the molecule is CNCC(C)(C)C(C)NC(=O)c1cc(CO)on1. The highest BCUT2D eigenvalue weighted by molar-refractivity contribution is 5.92. The Labute approximate surface area is 107 Å². The Kier molecular flexibility index (Phi) is 4.86. The number of hydrogen-bond donors (Lipinski definition) is 3. The standard InChI is InChI=1S/C12H21N3O3/c1-8(12(2,3)7-13-4)14-11(17)10-5-9(6-16)18-15-10/h5,8,13,16H,6-7H2,1-4H3,(H,14,17). The molecule has 0 bridgehead atoms. The zero-order valence-electron chi connectivity index (χ0n) is 11.3. The topological polar surface area (TPSA) is 87.4 Å². The van der Waals surface area contributed by atoms with Gasteiger partial charge >= 0.3 is 0 Å². The Balaban J connectivity index is 2.64. The summed E-state index contributed by atoms with van der Waals surface area (Å²) >= 11 is 0. The van der Waals surface area contributed by atoms with Crippen molar-refractivity contribution in [3.05, 3.63) is 17.5 Å². The molecule has 1 rings (SSSR count). The second kappa shape index (κ2) is 5.97. The van der Waals surface area contributed by atoms with Crippen molar-refractivity contribution in [3.8, 4) is 0 Å². The van der Waals surface area contributed by atoms with Crippen molar-refractivity contribution in [2.75, 3.05) is 13.6 Å². The van der Waals surface area contributed by atoms with Crippen LogP contribution in [0.3, 0.4) is 0 Å². The van der Waals surface area contributed by atoms with Crippen molar-refractivity contribution in [1.29, 1.82) is 0 Å². The van der Waals surface area contributed by atoms with Gasteiger partial charge in [0.15, 0.2) is 11.5 Å². The van der Waals surface area contributed by atoms with Crippen molar-refractivity contribution < 1.29 is 14.4 Å². The maximum Gasteiger partial charge on any atom is 0.273 e.